The van der Waals surface area contributed by atoms with Gasteiger partial charge in [0.15, 0.2) is 6.61 Å². The molecule has 0 bridgehead atoms. The van der Waals surface area contributed by atoms with Crippen molar-refractivity contribution in [1.82, 2.24) is 5.16 Å². The average Bonchev–Trinajstić information content (AvgIpc) is 2.88. The highest BCUT2D eigenvalue weighted by Gasteiger charge is 2.24. The van der Waals surface area contributed by atoms with Crippen molar-refractivity contribution in [3.8, 4) is 5.75 Å². The highest BCUT2D eigenvalue weighted by Crippen LogP contribution is 2.30. The summed E-state index contributed by atoms with van der Waals surface area (Å²) < 4.78 is 10.8. The second-order valence-corrected chi connectivity index (χ2v) is 6.47. The molecule has 0 saturated carbocycles. The number of rotatable bonds is 4. The quantitative estimate of drug-likeness (QED) is 0.924. The van der Waals surface area contributed by atoms with Crippen molar-refractivity contribution < 1.29 is 14.1 Å². The van der Waals surface area contributed by atoms with E-state index in [-0.39, 0.29) is 12.5 Å². The Hall–Kier alpha value is -2.01. The third kappa shape index (κ3) is 3.67. The molecule has 5 nitrogen and oxygen atoms in total. The monoisotopic (exact) mass is 334 g/mol. The van der Waals surface area contributed by atoms with Gasteiger partial charge in [0, 0.05) is 10.6 Å². The number of anilines is 1. The van der Waals surface area contributed by atoms with Crippen LogP contribution in [0.15, 0.2) is 22.7 Å². The first-order chi connectivity index (χ1) is 11.0. The van der Waals surface area contributed by atoms with E-state index < -0.39 is 0 Å². The average molecular weight is 335 g/mol. The molecule has 3 rings (SSSR count). The summed E-state index contributed by atoms with van der Waals surface area (Å²) in [5.74, 6) is 1.40. The van der Waals surface area contributed by atoms with E-state index in [0.717, 1.165) is 36.1 Å². The van der Waals surface area contributed by atoms with Gasteiger partial charge in [-0.2, -0.15) is 0 Å². The van der Waals surface area contributed by atoms with E-state index in [1.54, 1.807) is 18.2 Å². The fourth-order valence-corrected chi connectivity index (χ4v) is 2.99. The number of carbonyl (C=O) groups is 1. The van der Waals surface area contributed by atoms with Crippen molar-refractivity contribution in [3.05, 3.63) is 40.0 Å². The second-order valence-electron chi connectivity index (χ2n) is 6.03. The zero-order valence-corrected chi connectivity index (χ0v) is 13.9. The molecule has 1 aliphatic rings. The van der Waals surface area contributed by atoms with Crippen LogP contribution in [0.5, 0.6) is 5.75 Å². The van der Waals surface area contributed by atoms with Crippen molar-refractivity contribution >= 4 is 23.4 Å². The number of carbonyl (C=O) groups excluding carboxylic acids is 1. The maximum absolute atomic E-state index is 12.1. The predicted octanol–water partition coefficient (Wildman–Crippen LogP) is 3.78. The number of ether oxygens (including phenoxy) is 1. The molecule has 0 radical (unpaired) electrons. The highest BCUT2D eigenvalue weighted by atomic mass is 35.5. The molecule has 1 aromatic heterocycles. The van der Waals surface area contributed by atoms with Crippen LogP contribution < -0.4 is 10.1 Å². The standard InChI is InChI=1S/C17H19ClN2O3/c1-10-3-5-14-13(7-10)17(23-20-14)19-16(21)9-22-15-6-4-12(18)8-11(15)2/h4,6,8,10H,3,5,7,9H2,1-2H3,(H,19,21)/t10-/m1/s1. The summed E-state index contributed by atoms with van der Waals surface area (Å²) in [6.07, 6.45) is 2.88. The lowest BCUT2D eigenvalue weighted by molar-refractivity contribution is -0.118. The van der Waals surface area contributed by atoms with Crippen LogP contribution in [0.2, 0.25) is 5.02 Å². The number of hydrogen-bond donors (Lipinski definition) is 1. The first-order valence-electron chi connectivity index (χ1n) is 7.69. The predicted molar refractivity (Wildman–Crippen MR) is 88.0 cm³/mol. The SMILES string of the molecule is Cc1cc(Cl)ccc1OCC(=O)Nc1onc2c1C[C@H](C)CC2. The van der Waals surface area contributed by atoms with Crippen molar-refractivity contribution in [2.24, 2.45) is 5.92 Å². The minimum atomic E-state index is -0.267. The molecule has 1 atom stereocenters. The number of halogens is 1. The van der Waals surface area contributed by atoms with Gasteiger partial charge in [0.25, 0.3) is 5.91 Å². The van der Waals surface area contributed by atoms with Gasteiger partial charge in [0.05, 0.1) is 5.69 Å². The highest BCUT2D eigenvalue weighted by molar-refractivity contribution is 6.30. The molecule has 122 valence electrons. The summed E-state index contributed by atoms with van der Waals surface area (Å²) >= 11 is 5.90. The van der Waals surface area contributed by atoms with Gasteiger partial charge in [0.2, 0.25) is 5.88 Å². The van der Waals surface area contributed by atoms with Crippen LogP contribution in [0.25, 0.3) is 0 Å². The molecule has 1 aliphatic carbocycles. The van der Waals surface area contributed by atoms with Crippen LogP contribution in [0, 0.1) is 12.8 Å². The fourth-order valence-electron chi connectivity index (χ4n) is 2.76. The Bertz CT molecular complexity index is 727. The molecule has 0 unspecified atom stereocenters. The zero-order chi connectivity index (χ0) is 16.4. The number of nitrogens with one attached hydrogen (secondary N) is 1. The van der Waals surface area contributed by atoms with Gasteiger partial charge in [-0.1, -0.05) is 23.7 Å². The summed E-state index contributed by atoms with van der Waals surface area (Å²) in [5.41, 5.74) is 2.85. The Labute approximate surface area is 139 Å². The number of benzene rings is 1. The lowest BCUT2D eigenvalue weighted by Crippen LogP contribution is -2.21. The van der Waals surface area contributed by atoms with Gasteiger partial charge in [-0.3, -0.25) is 10.1 Å². The van der Waals surface area contributed by atoms with Crippen molar-refractivity contribution in [2.75, 3.05) is 11.9 Å². The van der Waals surface area contributed by atoms with Gasteiger partial charge in [-0.15, -0.1) is 0 Å². The lowest BCUT2D eigenvalue weighted by atomic mass is 9.89. The Kier molecular flexibility index (Phi) is 4.57. The van der Waals surface area contributed by atoms with Gasteiger partial charge in [-0.05, 0) is 55.9 Å². The Balaban J connectivity index is 1.61. The topological polar surface area (TPSA) is 64.4 Å². The van der Waals surface area contributed by atoms with Crippen LogP contribution in [-0.2, 0) is 17.6 Å². The molecular weight excluding hydrogens is 316 g/mol. The summed E-state index contributed by atoms with van der Waals surface area (Å²) in [4.78, 5) is 12.1. The number of nitrogens with zero attached hydrogens (tertiary/aromatic N) is 1. The van der Waals surface area contributed by atoms with Crippen molar-refractivity contribution in [2.45, 2.75) is 33.1 Å². The van der Waals surface area contributed by atoms with Crippen molar-refractivity contribution in [3.63, 3.8) is 0 Å². The molecule has 0 spiro atoms. The van der Waals surface area contributed by atoms with E-state index in [1.165, 1.54) is 0 Å². The molecule has 2 aromatic rings. The maximum Gasteiger partial charge on any atom is 0.264 e. The summed E-state index contributed by atoms with van der Waals surface area (Å²) in [7, 11) is 0. The number of amides is 1. The Morgan fingerprint density at radius 1 is 1.52 bits per heavy atom. The van der Waals surface area contributed by atoms with E-state index in [4.69, 9.17) is 20.9 Å². The molecule has 0 saturated heterocycles. The summed E-state index contributed by atoms with van der Waals surface area (Å²) in [6, 6.07) is 5.28. The largest absolute Gasteiger partial charge is 0.483 e. The first kappa shape index (κ1) is 15.9. The number of aryl methyl sites for hydroxylation is 2. The van der Waals surface area contributed by atoms with Gasteiger partial charge < -0.3 is 9.26 Å². The van der Waals surface area contributed by atoms with Gasteiger partial charge in [-0.25, -0.2) is 0 Å². The third-order valence-corrected chi connectivity index (χ3v) is 4.28. The van der Waals surface area contributed by atoms with Crippen LogP contribution in [-0.4, -0.2) is 17.7 Å². The molecule has 6 heteroatoms. The molecule has 1 heterocycles. The molecule has 0 aliphatic heterocycles. The summed E-state index contributed by atoms with van der Waals surface area (Å²) in [6.45, 7) is 3.98. The van der Waals surface area contributed by atoms with Gasteiger partial charge >= 0.3 is 0 Å². The minimum absolute atomic E-state index is 0.0898. The van der Waals surface area contributed by atoms with E-state index in [9.17, 15) is 4.79 Å². The maximum atomic E-state index is 12.1. The van der Waals surface area contributed by atoms with Crippen LogP contribution in [0.1, 0.15) is 30.2 Å². The van der Waals surface area contributed by atoms with Crippen LogP contribution in [0.4, 0.5) is 5.88 Å². The minimum Gasteiger partial charge on any atom is -0.483 e. The fraction of sp³-hybridized carbons (Fsp3) is 0.412. The Morgan fingerprint density at radius 3 is 3.13 bits per heavy atom. The van der Waals surface area contributed by atoms with Crippen LogP contribution >= 0.6 is 11.6 Å². The van der Waals surface area contributed by atoms with Crippen LogP contribution in [0.3, 0.4) is 0 Å². The Morgan fingerprint density at radius 2 is 2.35 bits per heavy atom. The number of aromatic nitrogens is 1. The lowest BCUT2D eigenvalue weighted by Gasteiger charge is -2.16. The number of hydrogen-bond acceptors (Lipinski definition) is 4. The zero-order valence-electron chi connectivity index (χ0n) is 13.2. The summed E-state index contributed by atoms with van der Waals surface area (Å²) in [5, 5.41) is 7.43. The first-order valence-corrected chi connectivity index (χ1v) is 8.07. The van der Waals surface area contributed by atoms with Crippen molar-refractivity contribution in [1.29, 1.82) is 0 Å². The number of fused-ring (bicyclic) bond motifs is 1. The second kappa shape index (κ2) is 6.62. The van der Waals surface area contributed by atoms with Gasteiger partial charge in [0.1, 0.15) is 5.75 Å². The van der Waals surface area contributed by atoms with E-state index in [0.29, 0.717) is 22.6 Å². The van der Waals surface area contributed by atoms with E-state index in [1.807, 2.05) is 6.92 Å². The molecule has 1 amide bonds. The molecule has 23 heavy (non-hydrogen) atoms. The molecular formula is C17H19ClN2O3. The molecule has 1 aromatic carbocycles. The normalized spacial score (nSPS) is 16.7. The van der Waals surface area contributed by atoms with E-state index >= 15 is 0 Å². The smallest absolute Gasteiger partial charge is 0.264 e. The molecule has 0 fully saturated rings. The van der Waals surface area contributed by atoms with E-state index in [2.05, 4.69) is 17.4 Å². The molecule has 1 N–H and O–H groups in total. The third-order valence-electron chi connectivity index (χ3n) is 4.04.